The van der Waals surface area contributed by atoms with E-state index >= 15 is 0 Å². The zero-order valence-electron chi connectivity index (χ0n) is 20.2. The molecule has 2 fully saturated rings. The van der Waals surface area contributed by atoms with Gasteiger partial charge in [-0.15, -0.1) is 10.2 Å². The number of hydrogen-bond donors (Lipinski definition) is 1. The molecule has 192 valence electrons. The maximum atomic E-state index is 13.5. The minimum absolute atomic E-state index is 0.0915. The van der Waals surface area contributed by atoms with Crippen molar-refractivity contribution < 1.29 is 17.9 Å². The Hall–Kier alpha value is -2.83. The van der Waals surface area contributed by atoms with Gasteiger partial charge in [-0.25, -0.2) is 23.4 Å². The SMILES string of the molecule is COc1cccc(-c2nnc(NS(=O)(=O)C(C)C(OC)c3ncc(Cl)cn3)n2C(C2CC2)C2CC2)n1. The molecule has 13 heteroatoms. The molecule has 0 amide bonds. The molecule has 3 aromatic heterocycles. The average molecular weight is 534 g/mol. The fraction of sp³-hybridized carbons (Fsp3) is 0.522. The van der Waals surface area contributed by atoms with Crippen molar-refractivity contribution in [1.82, 2.24) is 29.7 Å². The van der Waals surface area contributed by atoms with E-state index in [2.05, 4.69) is 29.9 Å². The summed E-state index contributed by atoms with van der Waals surface area (Å²) in [7, 11) is -1.02. The predicted octanol–water partition coefficient (Wildman–Crippen LogP) is 3.67. The number of ether oxygens (including phenoxy) is 2. The van der Waals surface area contributed by atoms with E-state index in [4.69, 9.17) is 21.1 Å². The van der Waals surface area contributed by atoms with Gasteiger partial charge >= 0.3 is 0 Å². The first kappa shape index (κ1) is 24.8. The molecule has 0 bridgehead atoms. The number of methoxy groups -OCH3 is 2. The summed E-state index contributed by atoms with van der Waals surface area (Å²) in [5.41, 5.74) is 0.566. The Morgan fingerprint density at radius 2 is 1.75 bits per heavy atom. The van der Waals surface area contributed by atoms with E-state index in [1.54, 1.807) is 20.1 Å². The molecule has 2 aliphatic carbocycles. The lowest BCUT2D eigenvalue weighted by molar-refractivity contribution is 0.0950. The van der Waals surface area contributed by atoms with Gasteiger partial charge in [0.25, 0.3) is 0 Å². The topological polar surface area (TPSA) is 134 Å². The average Bonchev–Trinajstić information content (AvgIpc) is 3.81. The fourth-order valence-electron chi connectivity index (χ4n) is 4.51. The summed E-state index contributed by atoms with van der Waals surface area (Å²) in [6, 6.07) is 5.48. The van der Waals surface area contributed by atoms with Gasteiger partial charge in [-0.3, -0.25) is 9.29 Å². The Labute approximate surface area is 214 Å². The quantitative estimate of drug-likeness (QED) is 0.391. The van der Waals surface area contributed by atoms with Crippen LogP contribution in [0.2, 0.25) is 5.02 Å². The van der Waals surface area contributed by atoms with Gasteiger partial charge in [0.1, 0.15) is 17.0 Å². The summed E-state index contributed by atoms with van der Waals surface area (Å²) >= 11 is 5.89. The Morgan fingerprint density at radius 3 is 2.33 bits per heavy atom. The Balaban J connectivity index is 1.51. The molecule has 2 atom stereocenters. The van der Waals surface area contributed by atoms with Crippen molar-refractivity contribution in [1.29, 1.82) is 0 Å². The molecule has 11 nitrogen and oxygen atoms in total. The highest BCUT2D eigenvalue weighted by atomic mass is 35.5. The second kappa shape index (κ2) is 9.91. The van der Waals surface area contributed by atoms with Crippen molar-refractivity contribution in [2.45, 2.75) is 50.0 Å². The van der Waals surface area contributed by atoms with Crippen LogP contribution < -0.4 is 9.46 Å². The molecule has 36 heavy (non-hydrogen) atoms. The van der Waals surface area contributed by atoms with E-state index in [-0.39, 0.29) is 17.8 Å². The van der Waals surface area contributed by atoms with Crippen molar-refractivity contribution >= 4 is 27.6 Å². The van der Waals surface area contributed by atoms with E-state index in [0.717, 1.165) is 25.7 Å². The van der Waals surface area contributed by atoms with Crippen LogP contribution in [-0.2, 0) is 14.8 Å². The minimum atomic E-state index is -3.99. The van der Waals surface area contributed by atoms with Crippen molar-refractivity contribution in [2.75, 3.05) is 18.9 Å². The van der Waals surface area contributed by atoms with Gasteiger partial charge in [-0.2, -0.15) is 0 Å². The standard InChI is InChI=1S/C23H28ClN7O4S/c1-13(20(35-3)21-25-11-16(24)12-26-21)36(32,33)30-23-29-28-22(17-5-4-6-18(27-17)34-2)31(23)19(14-7-8-14)15-9-10-15/h4-6,11-15,19-20H,7-10H2,1-3H3,(H,29,30). The summed E-state index contributed by atoms with van der Waals surface area (Å²) in [6.07, 6.45) is 6.25. The first-order valence-electron chi connectivity index (χ1n) is 11.8. The maximum absolute atomic E-state index is 13.5. The molecule has 3 heterocycles. The molecule has 1 N–H and O–H groups in total. The molecule has 3 aromatic rings. The molecular weight excluding hydrogens is 506 g/mol. The molecule has 5 rings (SSSR count). The van der Waals surface area contributed by atoms with Crippen LogP contribution in [0.15, 0.2) is 30.6 Å². The van der Waals surface area contributed by atoms with Gasteiger partial charge < -0.3 is 9.47 Å². The first-order valence-corrected chi connectivity index (χ1v) is 13.7. The highest BCUT2D eigenvalue weighted by molar-refractivity contribution is 7.93. The lowest BCUT2D eigenvalue weighted by Gasteiger charge is -2.24. The van der Waals surface area contributed by atoms with Crippen LogP contribution in [0.3, 0.4) is 0 Å². The number of aromatic nitrogens is 6. The predicted molar refractivity (Wildman–Crippen MR) is 133 cm³/mol. The zero-order valence-corrected chi connectivity index (χ0v) is 21.8. The lowest BCUT2D eigenvalue weighted by Crippen LogP contribution is -2.34. The van der Waals surface area contributed by atoms with Crippen LogP contribution >= 0.6 is 11.6 Å². The second-order valence-electron chi connectivity index (χ2n) is 9.22. The molecule has 2 aliphatic rings. The Kier molecular flexibility index (Phi) is 6.84. The number of nitrogens with one attached hydrogen (secondary N) is 1. The van der Waals surface area contributed by atoms with E-state index in [1.807, 2.05) is 16.7 Å². The van der Waals surface area contributed by atoms with Crippen LogP contribution in [0.25, 0.3) is 11.5 Å². The summed E-state index contributed by atoms with van der Waals surface area (Å²) < 4.78 is 42.5. The summed E-state index contributed by atoms with van der Waals surface area (Å²) in [5.74, 6) is 2.24. The van der Waals surface area contributed by atoms with Gasteiger partial charge in [-0.05, 0) is 50.5 Å². The maximum Gasteiger partial charge on any atom is 0.240 e. The zero-order chi connectivity index (χ0) is 25.4. The Bertz CT molecular complexity index is 1310. The summed E-state index contributed by atoms with van der Waals surface area (Å²) in [5, 5.41) is 7.97. The van der Waals surface area contributed by atoms with Gasteiger partial charge in [0.15, 0.2) is 11.6 Å². The third kappa shape index (κ3) is 5.02. The molecule has 0 radical (unpaired) electrons. The Morgan fingerprint density at radius 1 is 1.08 bits per heavy atom. The van der Waals surface area contributed by atoms with Crippen molar-refractivity contribution in [2.24, 2.45) is 11.8 Å². The molecule has 2 unspecified atom stereocenters. The van der Waals surface area contributed by atoms with Gasteiger partial charge in [0.05, 0.1) is 12.1 Å². The molecule has 0 saturated heterocycles. The largest absolute Gasteiger partial charge is 0.481 e. The summed E-state index contributed by atoms with van der Waals surface area (Å²) in [4.78, 5) is 12.8. The van der Waals surface area contributed by atoms with E-state index in [9.17, 15) is 8.42 Å². The number of halogens is 1. The smallest absolute Gasteiger partial charge is 0.240 e. The van der Waals surface area contributed by atoms with E-state index in [1.165, 1.54) is 19.5 Å². The van der Waals surface area contributed by atoms with Crippen LogP contribution in [0, 0.1) is 11.8 Å². The van der Waals surface area contributed by atoms with Gasteiger partial charge in [0.2, 0.25) is 21.9 Å². The number of hydrogen-bond acceptors (Lipinski definition) is 9. The highest BCUT2D eigenvalue weighted by Crippen LogP contribution is 2.53. The van der Waals surface area contributed by atoms with Gasteiger partial charge in [-0.1, -0.05) is 17.7 Å². The van der Waals surface area contributed by atoms with Crippen LogP contribution in [0.4, 0.5) is 5.95 Å². The third-order valence-corrected chi connectivity index (χ3v) is 8.55. The van der Waals surface area contributed by atoms with Crippen molar-refractivity contribution in [3.8, 4) is 17.4 Å². The summed E-state index contributed by atoms with van der Waals surface area (Å²) in [6.45, 7) is 1.54. The normalized spacial score (nSPS) is 17.7. The molecule has 0 aliphatic heterocycles. The van der Waals surface area contributed by atoms with Crippen LogP contribution in [0.1, 0.15) is 50.6 Å². The third-order valence-electron chi connectivity index (χ3n) is 6.66. The van der Waals surface area contributed by atoms with Crippen molar-refractivity contribution in [3.63, 3.8) is 0 Å². The monoisotopic (exact) mass is 533 g/mol. The number of anilines is 1. The molecule has 0 aromatic carbocycles. The van der Waals surface area contributed by atoms with Crippen molar-refractivity contribution in [3.05, 3.63) is 41.4 Å². The highest BCUT2D eigenvalue weighted by Gasteiger charge is 2.45. The van der Waals surface area contributed by atoms with Crippen LogP contribution in [0.5, 0.6) is 5.88 Å². The molecular formula is C23H28ClN7O4S. The molecule has 2 saturated carbocycles. The second-order valence-corrected chi connectivity index (χ2v) is 11.7. The number of sulfonamides is 1. The minimum Gasteiger partial charge on any atom is -0.481 e. The number of pyridine rings is 1. The fourth-order valence-corrected chi connectivity index (χ4v) is 5.75. The molecule has 0 spiro atoms. The van der Waals surface area contributed by atoms with Gasteiger partial charge in [0, 0.05) is 31.6 Å². The van der Waals surface area contributed by atoms with Crippen LogP contribution in [-0.4, -0.2) is 57.6 Å². The first-order chi connectivity index (χ1) is 17.3. The number of nitrogens with zero attached hydrogens (tertiary/aromatic N) is 6. The number of rotatable bonds is 11. The lowest BCUT2D eigenvalue weighted by atomic mass is 10.1. The van der Waals surface area contributed by atoms with E-state index in [0.29, 0.717) is 34.3 Å². The van der Waals surface area contributed by atoms with E-state index < -0.39 is 21.4 Å².